The molecule has 1 heterocycles. The Labute approximate surface area is 126 Å². The van der Waals surface area contributed by atoms with Crippen molar-refractivity contribution in [3.8, 4) is 0 Å². The number of para-hydroxylation sites is 2. The third-order valence-corrected chi connectivity index (χ3v) is 4.14. The molecule has 0 aliphatic carbocycles. The second-order valence-electron chi connectivity index (χ2n) is 5.91. The van der Waals surface area contributed by atoms with Crippen LogP contribution in [0.15, 0.2) is 24.3 Å². The van der Waals surface area contributed by atoms with Gasteiger partial charge in [-0.05, 0) is 37.8 Å². The van der Waals surface area contributed by atoms with Gasteiger partial charge in [0, 0.05) is 27.2 Å². The average Bonchev–Trinajstić information content (AvgIpc) is 2.47. The fourth-order valence-corrected chi connectivity index (χ4v) is 2.75. The van der Waals surface area contributed by atoms with Gasteiger partial charge in [-0.25, -0.2) is 4.79 Å². The van der Waals surface area contributed by atoms with E-state index < -0.39 is 0 Å². The van der Waals surface area contributed by atoms with Crippen molar-refractivity contribution >= 4 is 17.4 Å². The summed E-state index contributed by atoms with van der Waals surface area (Å²) < 4.78 is 0. The Bertz CT molecular complexity index is 480. The molecule has 0 radical (unpaired) electrons. The van der Waals surface area contributed by atoms with Gasteiger partial charge in [-0.2, -0.15) is 0 Å². The van der Waals surface area contributed by atoms with Crippen LogP contribution in [-0.2, 0) is 0 Å². The molecule has 116 valence electrons. The van der Waals surface area contributed by atoms with Gasteiger partial charge in [-0.1, -0.05) is 12.1 Å². The molecule has 1 aromatic rings. The second-order valence-corrected chi connectivity index (χ2v) is 5.91. The summed E-state index contributed by atoms with van der Waals surface area (Å²) in [7, 11) is 3.91. The van der Waals surface area contributed by atoms with Crippen LogP contribution in [0.3, 0.4) is 0 Å². The number of piperidine rings is 1. The van der Waals surface area contributed by atoms with E-state index in [2.05, 4.69) is 5.32 Å². The zero-order chi connectivity index (χ0) is 15.4. The van der Waals surface area contributed by atoms with Crippen LogP contribution < -0.4 is 10.2 Å². The highest BCUT2D eigenvalue weighted by Crippen LogP contribution is 2.25. The number of benzene rings is 1. The van der Waals surface area contributed by atoms with Crippen LogP contribution >= 0.6 is 0 Å². The zero-order valence-corrected chi connectivity index (χ0v) is 13.0. The van der Waals surface area contributed by atoms with Crippen molar-refractivity contribution in [2.24, 2.45) is 5.92 Å². The molecule has 0 saturated carbocycles. The lowest BCUT2D eigenvalue weighted by Gasteiger charge is -2.33. The van der Waals surface area contributed by atoms with Crippen LogP contribution in [0, 0.1) is 5.92 Å². The number of anilines is 2. The summed E-state index contributed by atoms with van der Waals surface area (Å²) in [6, 6.07) is 7.71. The summed E-state index contributed by atoms with van der Waals surface area (Å²) in [4.78, 5) is 16.2. The third-order valence-electron chi connectivity index (χ3n) is 4.14. The van der Waals surface area contributed by atoms with Crippen LogP contribution in [-0.4, -0.2) is 49.3 Å². The number of urea groups is 1. The van der Waals surface area contributed by atoms with Gasteiger partial charge in [0.25, 0.3) is 0 Å². The SMILES string of the molecule is CC(O)C1CCN(C(=O)Nc2ccccc2N(C)C)CC1. The first-order valence-corrected chi connectivity index (χ1v) is 7.49. The fraction of sp³-hybridized carbons (Fsp3) is 0.562. The van der Waals surface area contributed by atoms with E-state index >= 15 is 0 Å². The molecule has 2 N–H and O–H groups in total. The van der Waals surface area contributed by atoms with Gasteiger partial charge in [0.05, 0.1) is 17.5 Å². The van der Waals surface area contributed by atoms with Crippen LogP contribution in [0.1, 0.15) is 19.8 Å². The molecule has 0 aromatic heterocycles. The highest BCUT2D eigenvalue weighted by Gasteiger charge is 2.25. The Morgan fingerprint density at radius 1 is 1.33 bits per heavy atom. The van der Waals surface area contributed by atoms with Gasteiger partial charge >= 0.3 is 6.03 Å². The van der Waals surface area contributed by atoms with Crippen molar-refractivity contribution in [3.63, 3.8) is 0 Å². The predicted octanol–water partition coefficient (Wildman–Crippen LogP) is 2.38. The number of nitrogens with zero attached hydrogens (tertiary/aromatic N) is 2. The van der Waals surface area contributed by atoms with Gasteiger partial charge < -0.3 is 20.2 Å². The third kappa shape index (κ3) is 3.88. The van der Waals surface area contributed by atoms with Gasteiger partial charge in [-0.3, -0.25) is 0 Å². The minimum atomic E-state index is -0.287. The van der Waals surface area contributed by atoms with E-state index in [0.717, 1.165) is 24.2 Å². The number of nitrogens with one attached hydrogen (secondary N) is 1. The molecule has 5 nitrogen and oxygen atoms in total. The lowest BCUT2D eigenvalue weighted by Crippen LogP contribution is -2.43. The largest absolute Gasteiger partial charge is 0.393 e. The molecule has 1 atom stereocenters. The standard InChI is InChI=1S/C16H25N3O2/c1-12(20)13-8-10-19(11-9-13)16(21)17-14-6-4-5-7-15(14)18(2)3/h4-7,12-13,20H,8-11H2,1-3H3,(H,17,21). The summed E-state index contributed by atoms with van der Waals surface area (Å²) in [5, 5.41) is 12.6. The molecule has 1 aliphatic heterocycles. The number of aliphatic hydroxyl groups excluding tert-OH is 1. The molecular formula is C16H25N3O2. The van der Waals surface area contributed by atoms with E-state index in [1.807, 2.05) is 55.1 Å². The normalized spacial score (nSPS) is 17.4. The highest BCUT2D eigenvalue weighted by molar-refractivity contribution is 5.93. The first kappa shape index (κ1) is 15.6. The van der Waals surface area contributed by atoms with E-state index in [9.17, 15) is 9.90 Å². The monoisotopic (exact) mass is 291 g/mol. The Morgan fingerprint density at radius 2 is 1.95 bits per heavy atom. The molecule has 2 amide bonds. The molecule has 1 unspecified atom stereocenters. The van der Waals surface area contributed by atoms with Crippen LogP contribution in [0.5, 0.6) is 0 Å². The van der Waals surface area contributed by atoms with E-state index in [0.29, 0.717) is 19.0 Å². The number of hydrogen-bond acceptors (Lipinski definition) is 3. The molecule has 1 fully saturated rings. The minimum Gasteiger partial charge on any atom is -0.393 e. The molecule has 0 bridgehead atoms. The lowest BCUT2D eigenvalue weighted by molar-refractivity contribution is 0.0820. The molecular weight excluding hydrogens is 266 g/mol. The van der Waals surface area contributed by atoms with Crippen molar-refractivity contribution in [3.05, 3.63) is 24.3 Å². The van der Waals surface area contributed by atoms with Gasteiger partial charge in [0.2, 0.25) is 0 Å². The number of aliphatic hydroxyl groups is 1. The minimum absolute atomic E-state index is 0.0617. The summed E-state index contributed by atoms with van der Waals surface area (Å²) in [6.45, 7) is 3.23. The molecule has 21 heavy (non-hydrogen) atoms. The van der Waals surface area contributed by atoms with Crippen molar-refractivity contribution in [2.75, 3.05) is 37.4 Å². The Morgan fingerprint density at radius 3 is 2.52 bits per heavy atom. The summed E-state index contributed by atoms with van der Waals surface area (Å²) in [5.74, 6) is 0.308. The smallest absolute Gasteiger partial charge is 0.321 e. The molecule has 1 aromatic carbocycles. The Balaban J connectivity index is 1.97. The summed E-state index contributed by atoms with van der Waals surface area (Å²) in [6.07, 6.45) is 1.44. The van der Waals surface area contributed by atoms with E-state index in [1.54, 1.807) is 0 Å². The maximum Gasteiger partial charge on any atom is 0.321 e. The topological polar surface area (TPSA) is 55.8 Å². The summed E-state index contributed by atoms with van der Waals surface area (Å²) >= 11 is 0. The number of carbonyl (C=O) groups excluding carboxylic acids is 1. The van der Waals surface area contributed by atoms with E-state index in [1.165, 1.54) is 0 Å². The number of hydrogen-bond donors (Lipinski definition) is 2. The maximum absolute atomic E-state index is 12.4. The second kappa shape index (κ2) is 6.80. The number of amides is 2. The molecule has 1 saturated heterocycles. The first-order valence-electron chi connectivity index (χ1n) is 7.49. The Hall–Kier alpha value is -1.75. The van der Waals surface area contributed by atoms with Crippen molar-refractivity contribution in [2.45, 2.75) is 25.9 Å². The number of carbonyl (C=O) groups is 1. The molecule has 5 heteroatoms. The van der Waals surface area contributed by atoms with E-state index in [4.69, 9.17) is 0 Å². The molecule has 0 spiro atoms. The van der Waals surface area contributed by atoms with Crippen LogP contribution in [0.4, 0.5) is 16.2 Å². The van der Waals surface area contributed by atoms with Crippen molar-refractivity contribution in [1.29, 1.82) is 0 Å². The molecule has 2 rings (SSSR count). The van der Waals surface area contributed by atoms with Crippen molar-refractivity contribution in [1.82, 2.24) is 4.90 Å². The average molecular weight is 291 g/mol. The van der Waals surface area contributed by atoms with Gasteiger partial charge in [0.15, 0.2) is 0 Å². The van der Waals surface area contributed by atoms with Crippen LogP contribution in [0.2, 0.25) is 0 Å². The number of rotatable bonds is 3. The van der Waals surface area contributed by atoms with Gasteiger partial charge in [0.1, 0.15) is 0 Å². The Kier molecular flexibility index (Phi) is 5.07. The van der Waals surface area contributed by atoms with Gasteiger partial charge in [-0.15, -0.1) is 0 Å². The first-order chi connectivity index (χ1) is 9.99. The summed E-state index contributed by atoms with van der Waals surface area (Å²) in [5.41, 5.74) is 1.81. The quantitative estimate of drug-likeness (QED) is 0.899. The van der Waals surface area contributed by atoms with E-state index in [-0.39, 0.29) is 12.1 Å². The number of likely N-dealkylation sites (tertiary alicyclic amines) is 1. The predicted molar refractivity (Wildman–Crippen MR) is 85.8 cm³/mol. The van der Waals surface area contributed by atoms with Crippen molar-refractivity contribution < 1.29 is 9.90 Å². The molecule has 1 aliphatic rings. The lowest BCUT2D eigenvalue weighted by atomic mass is 9.92. The maximum atomic E-state index is 12.4. The van der Waals surface area contributed by atoms with Crippen LogP contribution in [0.25, 0.3) is 0 Å². The highest BCUT2D eigenvalue weighted by atomic mass is 16.3. The fourth-order valence-electron chi connectivity index (χ4n) is 2.75. The zero-order valence-electron chi connectivity index (χ0n) is 13.0.